The van der Waals surface area contributed by atoms with E-state index in [2.05, 4.69) is 10.1 Å². The number of carbonyl (C=O) groups is 1. The van der Waals surface area contributed by atoms with E-state index in [9.17, 15) is 18.0 Å². The number of para-hydroxylation sites is 1. The summed E-state index contributed by atoms with van der Waals surface area (Å²) in [7, 11) is 1.37. The minimum absolute atomic E-state index is 0.0143. The standard InChI is InChI=1S/C12H13F3N2O3S/c1-19-8-4-2-3-7(11(16)21)10(8)17-9(18)5-20-6-12(13,14)15/h2-4H,5-6H2,1H3,(H2,16,21)(H,17,18). The van der Waals surface area contributed by atoms with Crippen molar-refractivity contribution in [1.29, 1.82) is 0 Å². The maximum absolute atomic E-state index is 11.9. The van der Waals surface area contributed by atoms with Crippen LogP contribution in [-0.2, 0) is 9.53 Å². The van der Waals surface area contributed by atoms with Gasteiger partial charge in [0.25, 0.3) is 0 Å². The average Bonchev–Trinajstić information content (AvgIpc) is 2.37. The molecule has 0 aliphatic heterocycles. The van der Waals surface area contributed by atoms with Crippen LogP contribution in [0.25, 0.3) is 0 Å². The third-order valence-electron chi connectivity index (χ3n) is 2.27. The van der Waals surface area contributed by atoms with Crippen molar-refractivity contribution in [1.82, 2.24) is 0 Å². The van der Waals surface area contributed by atoms with E-state index in [0.29, 0.717) is 5.56 Å². The van der Waals surface area contributed by atoms with Gasteiger partial charge < -0.3 is 20.5 Å². The number of hydrogen-bond acceptors (Lipinski definition) is 4. The van der Waals surface area contributed by atoms with Crippen molar-refractivity contribution in [3.63, 3.8) is 0 Å². The number of nitrogens with two attached hydrogens (primary N) is 1. The predicted octanol–water partition coefficient (Wildman–Crippen LogP) is 1.85. The molecule has 1 rings (SSSR count). The molecule has 1 aromatic carbocycles. The SMILES string of the molecule is COc1cccc(C(N)=S)c1NC(=O)COCC(F)(F)F. The van der Waals surface area contributed by atoms with Gasteiger partial charge in [0.15, 0.2) is 0 Å². The fourth-order valence-electron chi connectivity index (χ4n) is 1.47. The van der Waals surface area contributed by atoms with Gasteiger partial charge in [0.1, 0.15) is 24.0 Å². The highest BCUT2D eigenvalue weighted by molar-refractivity contribution is 7.80. The van der Waals surface area contributed by atoms with Crippen LogP contribution in [0.5, 0.6) is 5.75 Å². The zero-order valence-electron chi connectivity index (χ0n) is 11.0. The Balaban J connectivity index is 2.77. The molecule has 21 heavy (non-hydrogen) atoms. The quantitative estimate of drug-likeness (QED) is 0.782. The van der Waals surface area contributed by atoms with Crippen LogP contribution in [0.2, 0.25) is 0 Å². The number of rotatable bonds is 6. The van der Waals surface area contributed by atoms with Gasteiger partial charge in [-0.15, -0.1) is 0 Å². The molecule has 0 heterocycles. The predicted molar refractivity (Wildman–Crippen MR) is 74.4 cm³/mol. The Bertz CT molecular complexity index is 535. The first-order valence-corrected chi connectivity index (χ1v) is 6.06. The van der Waals surface area contributed by atoms with Crippen molar-refractivity contribution in [2.45, 2.75) is 6.18 Å². The first-order chi connectivity index (χ1) is 9.74. The molecule has 5 nitrogen and oxygen atoms in total. The fraction of sp³-hybridized carbons (Fsp3) is 0.333. The van der Waals surface area contributed by atoms with E-state index < -0.39 is 25.3 Å². The van der Waals surface area contributed by atoms with E-state index in [1.54, 1.807) is 18.2 Å². The second kappa shape index (κ2) is 7.23. The molecule has 116 valence electrons. The van der Waals surface area contributed by atoms with Crippen molar-refractivity contribution in [3.05, 3.63) is 23.8 Å². The van der Waals surface area contributed by atoms with Crippen LogP contribution in [0.15, 0.2) is 18.2 Å². The maximum atomic E-state index is 11.9. The number of amides is 1. The molecule has 1 aromatic rings. The van der Waals surface area contributed by atoms with E-state index in [1.807, 2.05) is 0 Å². The molecule has 0 fully saturated rings. The van der Waals surface area contributed by atoms with Gasteiger partial charge in [-0.05, 0) is 12.1 Å². The van der Waals surface area contributed by atoms with Crippen LogP contribution in [0.4, 0.5) is 18.9 Å². The van der Waals surface area contributed by atoms with Gasteiger partial charge >= 0.3 is 6.18 Å². The first kappa shape index (κ1) is 17.2. The van der Waals surface area contributed by atoms with E-state index >= 15 is 0 Å². The molecule has 0 spiro atoms. The van der Waals surface area contributed by atoms with Crippen molar-refractivity contribution in [2.75, 3.05) is 25.6 Å². The number of methoxy groups -OCH3 is 1. The number of ether oxygens (including phenoxy) is 2. The van der Waals surface area contributed by atoms with Crippen LogP contribution in [0, 0.1) is 0 Å². The number of halogens is 3. The van der Waals surface area contributed by atoms with Gasteiger partial charge in [-0.1, -0.05) is 18.3 Å². The number of anilines is 1. The molecule has 0 unspecified atom stereocenters. The number of benzene rings is 1. The van der Waals surface area contributed by atoms with E-state index in [0.717, 1.165) is 0 Å². The zero-order chi connectivity index (χ0) is 16.0. The molecule has 0 aromatic heterocycles. The Morgan fingerprint density at radius 1 is 1.43 bits per heavy atom. The molecule has 0 aliphatic rings. The molecular formula is C12H13F3N2O3S. The fourth-order valence-corrected chi connectivity index (χ4v) is 1.64. The molecule has 0 radical (unpaired) electrons. The average molecular weight is 322 g/mol. The highest BCUT2D eigenvalue weighted by Gasteiger charge is 2.28. The molecule has 9 heteroatoms. The van der Waals surface area contributed by atoms with Gasteiger partial charge in [0.2, 0.25) is 5.91 Å². The molecule has 1 amide bonds. The number of alkyl halides is 3. The number of hydrogen-bond donors (Lipinski definition) is 2. The highest BCUT2D eigenvalue weighted by Crippen LogP contribution is 2.28. The van der Waals surface area contributed by atoms with Gasteiger partial charge in [-0.2, -0.15) is 13.2 Å². The lowest BCUT2D eigenvalue weighted by Gasteiger charge is -2.14. The highest BCUT2D eigenvalue weighted by atomic mass is 32.1. The summed E-state index contributed by atoms with van der Waals surface area (Å²) < 4.78 is 45.0. The van der Waals surface area contributed by atoms with E-state index in [-0.39, 0.29) is 16.4 Å². The summed E-state index contributed by atoms with van der Waals surface area (Å²) in [4.78, 5) is 11.6. The second-order valence-electron chi connectivity index (χ2n) is 3.90. The number of nitrogens with one attached hydrogen (secondary N) is 1. The van der Waals surface area contributed by atoms with Crippen LogP contribution in [0.1, 0.15) is 5.56 Å². The minimum atomic E-state index is -4.49. The summed E-state index contributed by atoms with van der Waals surface area (Å²) in [6.45, 7) is -2.26. The zero-order valence-corrected chi connectivity index (χ0v) is 11.8. The van der Waals surface area contributed by atoms with Crippen molar-refractivity contribution in [2.24, 2.45) is 5.73 Å². The lowest BCUT2D eigenvalue weighted by molar-refractivity contribution is -0.174. The molecule has 0 aliphatic carbocycles. The Kier molecular flexibility index (Phi) is 5.91. The molecule has 3 N–H and O–H groups in total. The number of thiocarbonyl (C=S) groups is 1. The number of carbonyl (C=O) groups excluding carboxylic acids is 1. The third kappa shape index (κ3) is 5.56. The summed E-state index contributed by atoms with van der Waals surface area (Å²) >= 11 is 4.84. The Morgan fingerprint density at radius 3 is 2.62 bits per heavy atom. The summed E-state index contributed by atoms with van der Waals surface area (Å²) in [6.07, 6.45) is -4.49. The lowest BCUT2D eigenvalue weighted by atomic mass is 10.1. The molecule has 0 saturated heterocycles. The van der Waals surface area contributed by atoms with Crippen molar-refractivity contribution < 1.29 is 27.4 Å². The maximum Gasteiger partial charge on any atom is 0.411 e. The Labute approximate surface area is 124 Å². The molecule has 0 saturated carbocycles. The largest absolute Gasteiger partial charge is 0.495 e. The summed E-state index contributed by atoms with van der Waals surface area (Å²) in [5, 5.41) is 2.37. The monoisotopic (exact) mass is 322 g/mol. The topological polar surface area (TPSA) is 73.6 Å². The molecular weight excluding hydrogens is 309 g/mol. The van der Waals surface area contributed by atoms with E-state index in [4.69, 9.17) is 22.7 Å². The summed E-state index contributed by atoms with van der Waals surface area (Å²) in [6, 6.07) is 4.72. The molecule has 0 atom stereocenters. The second-order valence-corrected chi connectivity index (χ2v) is 4.34. The Morgan fingerprint density at radius 2 is 2.10 bits per heavy atom. The van der Waals surface area contributed by atoms with Gasteiger partial charge in [-0.3, -0.25) is 4.79 Å². The van der Waals surface area contributed by atoms with Crippen LogP contribution in [-0.4, -0.2) is 37.4 Å². The van der Waals surface area contributed by atoms with Gasteiger partial charge in [-0.25, -0.2) is 0 Å². The smallest absolute Gasteiger partial charge is 0.411 e. The van der Waals surface area contributed by atoms with Crippen LogP contribution >= 0.6 is 12.2 Å². The minimum Gasteiger partial charge on any atom is -0.495 e. The normalized spacial score (nSPS) is 11.0. The van der Waals surface area contributed by atoms with Crippen LogP contribution < -0.4 is 15.8 Å². The lowest BCUT2D eigenvalue weighted by Crippen LogP contribution is -2.25. The van der Waals surface area contributed by atoms with Crippen molar-refractivity contribution >= 4 is 28.8 Å². The van der Waals surface area contributed by atoms with E-state index in [1.165, 1.54) is 7.11 Å². The summed E-state index contributed by atoms with van der Waals surface area (Å²) in [5.41, 5.74) is 6.04. The summed E-state index contributed by atoms with van der Waals surface area (Å²) in [5.74, 6) is -0.495. The van der Waals surface area contributed by atoms with Gasteiger partial charge in [0, 0.05) is 5.56 Å². The van der Waals surface area contributed by atoms with Crippen LogP contribution in [0.3, 0.4) is 0 Å². The first-order valence-electron chi connectivity index (χ1n) is 5.65. The Hall–Kier alpha value is -1.87. The van der Waals surface area contributed by atoms with Gasteiger partial charge in [0.05, 0.1) is 12.8 Å². The third-order valence-corrected chi connectivity index (χ3v) is 2.49. The molecule has 0 bridgehead atoms. The van der Waals surface area contributed by atoms with Crippen molar-refractivity contribution in [3.8, 4) is 5.75 Å².